The Morgan fingerprint density at radius 1 is 1.05 bits per heavy atom. The first-order valence-electron chi connectivity index (χ1n) is 8.11. The second kappa shape index (κ2) is 5.93. The summed E-state index contributed by atoms with van der Waals surface area (Å²) >= 11 is 0. The molecule has 0 N–H and O–H groups in total. The summed E-state index contributed by atoms with van der Waals surface area (Å²) in [7, 11) is 0. The maximum atomic E-state index is 6.25. The van der Waals surface area contributed by atoms with E-state index in [4.69, 9.17) is 4.74 Å². The molecule has 1 unspecified atom stereocenters. The third-order valence-electron chi connectivity index (χ3n) is 4.45. The van der Waals surface area contributed by atoms with Crippen LogP contribution in [0.3, 0.4) is 0 Å². The second-order valence-corrected chi connectivity index (χ2v) is 6.14. The first kappa shape index (κ1) is 14.2. The normalized spacial score (nSPS) is 16.6. The van der Waals surface area contributed by atoms with Crippen molar-refractivity contribution in [3.8, 4) is 11.5 Å². The summed E-state index contributed by atoms with van der Waals surface area (Å²) in [6.45, 7) is 6.63. The van der Waals surface area contributed by atoms with Gasteiger partial charge in [0.25, 0.3) is 0 Å². The zero-order chi connectivity index (χ0) is 14.8. The molecule has 1 heteroatoms. The highest BCUT2D eigenvalue weighted by Crippen LogP contribution is 2.41. The summed E-state index contributed by atoms with van der Waals surface area (Å²) in [5.74, 6) is 2.64. The largest absolute Gasteiger partial charge is 0.457 e. The first-order chi connectivity index (χ1) is 10.2. The molecule has 1 heterocycles. The minimum Gasteiger partial charge on any atom is -0.457 e. The van der Waals surface area contributed by atoms with Gasteiger partial charge in [0.2, 0.25) is 0 Å². The van der Waals surface area contributed by atoms with Crippen LogP contribution in [0.25, 0.3) is 0 Å². The fourth-order valence-corrected chi connectivity index (χ4v) is 3.26. The number of hydrogen-bond acceptors (Lipinski definition) is 1. The number of rotatable bonds is 3. The van der Waals surface area contributed by atoms with Gasteiger partial charge in [-0.15, -0.1) is 0 Å². The molecule has 0 fully saturated rings. The molecule has 0 saturated heterocycles. The molecule has 0 bridgehead atoms. The van der Waals surface area contributed by atoms with E-state index >= 15 is 0 Å². The van der Waals surface area contributed by atoms with Gasteiger partial charge in [-0.2, -0.15) is 0 Å². The van der Waals surface area contributed by atoms with Gasteiger partial charge < -0.3 is 4.74 Å². The van der Waals surface area contributed by atoms with E-state index < -0.39 is 0 Å². The molecule has 2 aromatic carbocycles. The van der Waals surface area contributed by atoms with Gasteiger partial charge in [0, 0.05) is 0 Å². The fourth-order valence-electron chi connectivity index (χ4n) is 3.26. The summed E-state index contributed by atoms with van der Waals surface area (Å²) in [5.41, 5.74) is 5.41. The summed E-state index contributed by atoms with van der Waals surface area (Å²) in [5, 5.41) is 0. The zero-order valence-corrected chi connectivity index (χ0v) is 13.3. The van der Waals surface area contributed by atoms with Gasteiger partial charge in [-0.25, -0.2) is 0 Å². The number of fused-ring (bicyclic) bond motifs is 2. The zero-order valence-electron chi connectivity index (χ0n) is 13.3. The Hall–Kier alpha value is -1.76. The van der Waals surface area contributed by atoms with Gasteiger partial charge in [0.05, 0.1) is 0 Å². The second-order valence-electron chi connectivity index (χ2n) is 6.14. The van der Waals surface area contributed by atoms with Crippen LogP contribution in [0.15, 0.2) is 36.4 Å². The smallest absolute Gasteiger partial charge is 0.131 e. The van der Waals surface area contributed by atoms with E-state index in [9.17, 15) is 0 Å². The van der Waals surface area contributed by atoms with E-state index in [1.165, 1.54) is 28.7 Å². The molecular weight excluding hydrogens is 256 g/mol. The maximum absolute atomic E-state index is 6.25. The molecule has 21 heavy (non-hydrogen) atoms. The first-order valence-corrected chi connectivity index (χ1v) is 8.11. The van der Waals surface area contributed by atoms with Crippen molar-refractivity contribution in [3.63, 3.8) is 0 Å². The SMILES string of the molecule is CCCc1ccc2c(c1)CC(CC)c1ccc(C)cc1O2. The number of benzene rings is 2. The molecule has 1 aliphatic heterocycles. The van der Waals surface area contributed by atoms with Crippen LogP contribution in [-0.2, 0) is 12.8 Å². The van der Waals surface area contributed by atoms with Crippen LogP contribution in [0.2, 0.25) is 0 Å². The molecule has 0 saturated carbocycles. The van der Waals surface area contributed by atoms with Gasteiger partial charge in [0.1, 0.15) is 11.5 Å². The molecule has 2 aromatic rings. The monoisotopic (exact) mass is 280 g/mol. The Labute approximate surface area is 128 Å². The highest BCUT2D eigenvalue weighted by Gasteiger charge is 2.22. The molecule has 0 aromatic heterocycles. The van der Waals surface area contributed by atoms with Crippen LogP contribution >= 0.6 is 0 Å². The lowest BCUT2D eigenvalue weighted by atomic mass is 9.89. The van der Waals surface area contributed by atoms with E-state index in [0.717, 1.165) is 30.8 Å². The molecule has 0 aliphatic carbocycles. The molecule has 110 valence electrons. The predicted octanol–water partition coefficient (Wildman–Crippen LogP) is 5.79. The quantitative estimate of drug-likeness (QED) is 0.691. The Morgan fingerprint density at radius 3 is 2.67 bits per heavy atom. The summed E-state index contributed by atoms with van der Waals surface area (Å²) in [6, 6.07) is 13.3. The van der Waals surface area contributed by atoms with E-state index in [2.05, 4.69) is 57.2 Å². The molecule has 1 nitrogen and oxygen atoms in total. The molecular formula is C20H24O. The topological polar surface area (TPSA) is 9.23 Å². The maximum Gasteiger partial charge on any atom is 0.131 e. The highest BCUT2D eigenvalue weighted by atomic mass is 16.5. The molecule has 3 rings (SSSR count). The third-order valence-corrected chi connectivity index (χ3v) is 4.45. The van der Waals surface area contributed by atoms with Crippen molar-refractivity contribution in [1.29, 1.82) is 0 Å². The van der Waals surface area contributed by atoms with Crippen LogP contribution in [0, 0.1) is 6.92 Å². The van der Waals surface area contributed by atoms with E-state index in [1.807, 2.05) is 0 Å². The van der Waals surface area contributed by atoms with Crippen LogP contribution in [-0.4, -0.2) is 0 Å². The van der Waals surface area contributed by atoms with Crippen molar-refractivity contribution in [1.82, 2.24) is 0 Å². The van der Waals surface area contributed by atoms with E-state index in [0.29, 0.717) is 5.92 Å². The average molecular weight is 280 g/mol. The van der Waals surface area contributed by atoms with Crippen molar-refractivity contribution in [3.05, 3.63) is 58.7 Å². The lowest BCUT2D eigenvalue weighted by molar-refractivity contribution is 0.477. The van der Waals surface area contributed by atoms with Crippen molar-refractivity contribution >= 4 is 0 Å². The number of aryl methyl sites for hydroxylation is 2. The lowest BCUT2D eigenvalue weighted by Crippen LogP contribution is -2.00. The van der Waals surface area contributed by atoms with Gasteiger partial charge in [0.15, 0.2) is 0 Å². The van der Waals surface area contributed by atoms with Crippen LogP contribution in [0.5, 0.6) is 11.5 Å². The van der Waals surface area contributed by atoms with E-state index in [1.54, 1.807) is 0 Å². The van der Waals surface area contributed by atoms with Gasteiger partial charge in [-0.3, -0.25) is 0 Å². The number of ether oxygens (including phenoxy) is 1. The molecule has 0 spiro atoms. The summed E-state index contributed by atoms with van der Waals surface area (Å²) in [4.78, 5) is 0. The minimum atomic E-state index is 0.554. The van der Waals surface area contributed by atoms with Gasteiger partial charge in [-0.1, -0.05) is 44.5 Å². The van der Waals surface area contributed by atoms with Gasteiger partial charge in [-0.05, 0) is 66.5 Å². The van der Waals surface area contributed by atoms with Crippen molar-refractivity contribution in [2.24, 2.45) is 0 Å². The molecule has 1 atom stereocenters. The number of hydrogen-bond donors (Lipinski definition) is 0. The Kier molecular flexibility index (Phi) is 4.01. The van der Waals surface area contributed by atoms with Gasteiger partial charge >= 0.3 is 0 Å². The van der Waals surface area contributed by atoms with Crippen LogP contribution < -0.4 is 4.74 Å². The van der Waals surface area contributed by atoms with Crippen molar-refractivity contribution < 1.29 is 4.74 Å². The van der Waals surface area contributed by atoms with Crippen LogP contribution in [0.4, 0.5) is 0 Å². The summed E-state index contributed by atoms with van der Waals surface area (Å²) in [6.07, 6.45) is 4.57. The fraction of sp³-hybridized carbons (Fsp3) is 0.400. The summed E-state index contributed by atoms with van der Waals surface area (Å²) < 4.78 is 6.25. The molecule has 0 radical (unpaired) electrons. The molecule has 0 amide bonds. The highest BCUT2D eigenvalue weighted by molar-refractivity contribution is 5.49. The standard InChI is InChI=1S/C20H24O/c1-4-6-15-8-10-19-17(12-15)13-16(5-2)18-9-7-14(3)11-20(18)21-19/h7-12,16H,4-6,13H2,1-3H3. The Morgan fingerprint density at radius 2 is 1.90 bits per heavy atom. The molecule has 1 aliphatic rings. The Bertz CT molecular complexity index is 642. The van der Waals surface area contributed by atoms with Crippen molar-refractivity contribution in [2.75, 3.05) is 0 Å². The van der Waals surface area contributed by atoms with E-state index in [-0.39, 0.29) is 0 Å². The Balaban J connectivity index is 2.05. The lowest BCUT2D eigenvalue weighted by Gasteiger charge is -2.14. The third kappa shape index (κ3) is 2.83. The van der Waals surface area contributed by atoms with Crippen LogP contribution in [0.1, 0.15) is 54.9 Å². The van der Waals surface area contributed by atoms with Crippen molar-refractivity contribution in [2.45, 2.75) is 52.4 Å². The minimum absolute atomic E-state index is 0.554. The predicted molar refractivity (Wildman–Crippen MR) is 88.4 cm³/mol. The average Bonchev–Trinajstić information content (AvgIpc) is 2.63.